The second kappa shape index (κ2) is 7.88. The maximum Gasteiger partial charge on any atom is 0.261 e. The van der Waals surface area contributed by atoms with E-state index in [1.165, 1.54) is 6.08 Å². The van der Waals surface area contributed by atoms with Crippen LogP contribution >= 0.6 is 0 Å². The Labute approximate surface area is 158 Å². The molecule has 0 atom stereocenters. The Hall–Kier alpha value is -3.38. The van der Waals surface area contributed by atoms with Crippen molar-refractivity contribution in [2.75, 3.05) is 4.72 Å². The Bertz CT molecular complexity index is 1060. The molecule has 3 rings (SSSR count). The van der Waals surface area contributed by atoms with Crippen molar-refractivity contribution < 1.29 is 13.2 Å². The smallest absolute Gasteiger partial charge is 0.261 e. The summed E-state index contributed by atoms with van der Waals surface area (Å²) in [5, 5.41) is 0. The van der Waals surface area contributed by atoms with Gasteiger partial charge in [0.25, 0.3) is 10.0 Å². The van der Waals surface area contributed by atoms with Gasteiger partial charge in [0, 0.05) is 11.8 Å². The van der Waals surface area contributed by atoms with Crippen LogP contribution in [0, 0.1) is 0 Å². The summed E-state index contributed by atoms with van der Waals surface area (Å²) in [5.74, 6) is -0.543. The highest BCUT2D eigenvalue weighted by Gasteiger charge is 2.14. The number of carbonyl (C=O) groups is 1. The summed E-state index contributed by atoms with van der Waals surface area (Å²) in [6.45, 7) is 0. The largest absolute Gasteiger partial charge is 0.366 e. The molecule has 3 N–H and O–H groups in total. The van der Waals surface area contributed by atoms with E-state index in [0.717, 1.165) is 16.7 Å². The first-order valence-electron chi connectivity index (χ1n) is 8.20. The van der Waals surface area contributed by atoms with Crippen molar-refractivity contribution in [1.82, 2.24) is 0 Å². The predicted molar refractivity (Wildman–Crippen MR) is 107 cm³/mol. The average molecular weight is 378 g/mol. The predicted octanol–water partition coefficient (Wildman–Crippen LogP) is 3.65. The second-order valence-corrected chi connectivity index (χ2v) is 7.54. The van der Waals surface area contributed by atoms with Gasteiger partial charge in [-0.15, -0.1) is 0 Å². The van der Waals surface area contributed by atoms with Gasteiger partial charge < -0.3 is 5.73 Å². The molecule has 136 valence electrons. The van der Waals surface area contributed by atoms with Crippen LogP contribution in [-0.2, 0) is 14.8 Å². The monoisotopic (exact) mass is 378 g/mol. The molecule has 5 nitrogen and oxygen atoms in total. The zero-order chi connectivity index (χ0) is 19.3. The first kappa shape index (κ1) is 18.4. The van der Waals surface area contributed by atoms with Gasteiger partial charge in [-0.1, -0.05) is 54.6 Å². The van der Waals surface area contributed by atoms with E-state index in [-0.39, 0.29) is 4.90 Å². The lowest BCUT2D eigenvalue weighted by atomic mass is 10.1. The maximum absolute atomic E-state index is 12.6. The molecule has 0 aliphatic heterocycles. The Morgan fingerprint density at radius 1 is 0.815 bits per heavy atom. The van der Waals surface area contributed by atoms with Crippen molar-refractivity contribution in [3.63, 3.8) is 0 Å². The molecule has 0 saturated carbocycles. The van der Waals surface area contributed by atoms with E-state index < -0.39 is 15.9 Å². The Kier molecular flexibility index (Phi) is 5.38. The van der Waals surface area contributed by atoms with Crippen molar-refractivity contribution in [2.45, 2.75) is 4.90 Å². The van der Waals surface area contributed by atoms with Gasteiger partial charge in [0.15, 0.2) is 0 Å². The Balaban J connectivity index is 1.75. The Morgan fingerprint density at radius 3 is 2.00 bits per heavy atom. The van der Waals surface area contributed by atoms with E-state index in [2.05, 4.69) is 4.72 Å². The molecule has 0 spiro atoms. The molecule has 0 bridgehead atoms. The van der Waals surface area contributed by atoms with Crippen molar-refractivity contribution in [3.8, 4) is 11.1 Å². The normalized spacial score (nSPS) is 11.4. The number of primary amides is 1. The van der Waals surface area contributed by atoms with Crippen LogP contribution < -0.4 is 10.5 Å². The number of sulfonamides is 1. The lowest BCUT2D eigenvalue weighted by molar-refractivity contribution is -0.113. The number of nitrogens with one attached hydrogen (secondary N) is 1. The van der Waals surface area contributed by atoms with Crippen LogP contribution in [-0.4, -0.2) is 14.3 Å². The van der Waals surface area contributed by atoms with E-state index >= 15 is 0 Å². The van der Waals surface area contributed by atoms with E-state index in [4.69, 9.17) is 5.73 Å². The van der Waals surface area contributed by atoms with Gasteiger partial charge in [-0.2, -0.15) is 0 Å². The average Bonchev–Trinajstić information content (AvgIpc) is 2.68. The first-order valence-corrected chi connectivity index (χ1v) is 9.68. The van der Waals surface area contributed by atoms with Gasteiger partial charge in [-0.3, -0.25) is 9.52 Å². The molecule has 0 fully saturated rings. The second-order valence-electron chi connectivity index (χ2n) is 5.85. The number of amides is 1. The SMILES string of the molecule is NC(=O)/C=C/c1ccc(NS(=O)(=O)c2ccc(-c3ccccc3)cc2)cc1. The van der Waals surface area contributed by atoms with Gasteiger partial charge in [0.2, 0.25) is 5.91 Å². The minimum Gasteiger partial charge on any atom is -0.366 e. The summed E-state index contributed by atoms with van der Waals surface area (Å²) in [6.07, 6.45) is 2.80. The number of benzene rings is 3. The van der Waals surface area contributed by atoms with Gasteiger partial charge in [0.1, 0.15) is 0 Å². The number of nitrogens with two attached hydrogens (primary N) is 1. The lowest BCUT2D eigenvalue weighted by Crippen LogP contribution is -2.12. The zero-order valence-corrected chi connectivity index (χ0v) is 15.2. The van der Waals surface area contributed by atoms with E-state index in [1.54, 1.807) is 54.6 Å². The molecular formula is C21H18N2O3S. The van der Waals surface area contributed by atoms with Crippen LogP contribution in [0.15, 0.2) is 89.8 Å². The molecule has 0 aliphatic rings. The minimum atomic E-state index is -3.69. The number of rotatable bonds is 6. The number of hydrogen-bond acceptors (Lipinski definition) is 3. The topological polar surface area (TPSA) is 89.3 Å². The fourth-order valence-electron chi connectivity index (χ4n) is 2.51. The van der Waals surface area contributed by atoms with Crippen molar-refractivity contribution in [1.29, 1.82) is 0 Å². The third-order valence-corrected chi connectivity index (χ3v) is 5.27. The lowest BCUT2D eigenvalue weighted by Gasteiger charge is -2.09. The molecule has 0 aliphatic carbocycles. The molecule has 0 radical (unpaired) electrons. The van der Waals surface area contributed by atoms with E-state index in [1.807, 2.05) is 30.3 Å². The van der Waals surface area contributed by atoms with Crippen LogP contribution in [0.2, 0.25) is 0 Å². The number of carbonyl (C=O) groups excluding carboxylic acids is 1. The fraction of sp³-hybridized carbons (Fsp3) is 0. The van der Waals surface area contributed by atoms with Crippen LogP contribution in [0.4, 0.5) is 5.69 Å². The highest BCUT2D eigenvalue weighted by molar-refractivity contribution is 7.92. The summed E-state index contributed by atoms with van der Waals surface area (Å²) >= 11 is 0. The van der Waals surface area contributed by atoms with Gasteiger partial charge >= 0.3 is 0 Å². The fourth-order valence-corrected chi connectivity index (χ4v) is 3.57. The van der Waals surface area contributed by atoms with Crippen LogP contribution in [0.5, 0.6) is 0 Å². The third-order valence-electron chi connectivity index (χ3n) is 3.87. The van der Waals surface area contributed by atoms with Crippen LogP contribution in [0.3, 0.4) is 0 Å². The maximum atomic E-state index is 12.6. The summed E-state index contributed by atoms with van der Waals surface area (Å²) in [4.78, 5) is 10.9. The van der Waals surface area contributed by atoms with Crippen LogP contribution in [0.1, 0.15) is 5.56 Å². The summed E-state index contributed by atoms with van der Waals surface area (Å²) < 4.78 is 27.7. The highest BCUT2D eigenvalue weighted by atomic mass is 32.2. The molecule has 0 saturated heterocycles. The summed E-state index contributed by atoms with van der Waals surface area (Å²) in [6, 6.07) is 23.1. The van der Waals surface area contributed by atoms with Crippen molar-refractivity contribution in [3.05, 3.63) is 90.5 Å². The van der Waals surface area contributed by atoms with Gasteiger partial charge in [-0.25, -0.2) is 8.42 Å². The third kappa shape index (κ3) is 4.83. The molecule has 0 unspecified atom stereocenters. The molecule has 3 aromatic carbocycles. The van der Waals surface area contributed by atoms with Gasteiger partial charge in [-0.05, 0) is 47.0 Å². The molecular weight excluding hydrogens is 360 g/mol. The number of hydrogen-bond donors (Lipinski definition) is 2. The van der Waals surface area contributed by atoms with E-state index in [0.29, 0.717) is 5.69 Å². The van der Waals surface area contributed by atoms with E-state index in [9.17, 15) is 13.2 Å². The number of anilines is 1. The highest BCUT2D eigenvalue weighted by Crippen LogP contribution is 2.22. The quantitative estimate of drug-likeness (QED) is 0.642. The molecule has 1 amide bonds. The van der Waals surface area contributed by atoms with Crippen molar-refractivity contribution >= 4 is 27.7 Å². The summed E-state index contributed by atoms with van der Waals surface area (Å²) in [5.41, 5.74) is 8.18. The first-order chi connectivity index (χ1) is 12.9. The van der Waals surface area contributed by atoms with Crippen molar-refractivity contribution in [2.24, 2.45) is 5.73 Å². The molecule has 6 heteroatoms. The Morgan fingerprint density at radius 2 is 1.41 bits per heavy atom. The molecule has 0 heterocycles. The molecule has 27 heavy (non-hydrogen) atoms. The minimum absolute atomic E-state index is 0.180. The molecule has 3 aromatic rings. The standard InChI is InChI=1S/C21H18N2O3S/c22-21(24)15-8-16-6-11-19(12-7-16)23-27(25,26)20-13-9-18(10-14-20)17-4-2-1-3-5-17/h1-15,23H,(H2,22,24)/b15-8+. The molecule has 0 aromatic heterocycles. The summed E-state index contributed by atoms with van der Waals surface area (Å²) in [7, 11) is -3.69. The zero-order valence-electron chi connectivity index (χ0n) is 14.4. The van der Waals surface area contributed by atoms with Gasteiger partial charge in [0.05, 0.1) is 4.90 Å². The van der Waals surface area contributed by atoms with Crippen LogP contribution in [0.25, 0.3) is 17.2 Å².